The molecule has 1 unspecified atom stereocenters. The molecule has 0 bridgehead atoms. The van der Waals surface area contributed by atoms with E-state index in [1.165, 1.54) is 11.8 Å². The van der Waals surface area contributed by atoms with Gasteiger partial charge in [-0.2, -0.15) is 0 Å². The second kappa shape index (κ2) is 6.84. The van der Waals surface area contributed by atoms with Crippen LogP contribution in [0.3, 0.4) is 0 Å². The van der Waals surface area contributed by atoms with E-state index in [-0.39, 0.29) is 11.0 Å². The van der Waals surface area contributed by atoms with Gasteiger partial charge in [0, 0.05) is 11.1 Å². The SMILES string of the molecule is CC(=O)C(C)Sc1nc(-c2ccccc2)c(-c2ccccc2)o1. The van der Waals surface area contributed by atoms with E-state index in [1.54, 1.807) is 6.92 Å². The van der Waals surface area contributed by atoms with E-state index >= 15 is 0 Å². The molecule has 1 aromatic heterocycles. The van der Waals surface area contributed by atoms with Crippen molar-refractivity contribution in [2.24, 2.45) is 0 Å². The van der Waals surface area contributed by atoms with Crippen LogP contribution in [-0.2, 0) is 4.79 Å². The molecule has 0 saturated heterocycles. The number of carbonyl (C=O) groups is 1. The standard InChI is InChI=1S/C19H17NO2S/c1-13(21)14(2)23-19-20-17(15-9-5-3-6-10-15)18(22-19)16-11-7-4-8-12-16/h3-12,14H,1-2H3. The molecule has 0 fully saturated rings. The third-order valence-electron chi connectivity index (χ3n) is 3.54. The van der Waals surface area contributed by atoms with Crippen LogP contribution in [0.15, 0.2) is 70.3 Å². The number of nitrogens with zero attached hydrogens (tertiary/aromatic N) is 1. The number of rotatable bonds is 5. The van der Waals surface area contributed by atoms with E-state index in [2.05, 4.69) is 4.98 Å². The van der Waals surface area contributed by atoms with Gasteiger partial charge >= 0.3 is 0 Å². The van der Waals surface area contributed by atoms with Gasteiger partial charge in [-0.25, -0.2) is 4.98 Å². The third kappa shape index (κ3) is 3.54. The molecule has 3 rings (SSSR count). The van der Waals surface area contributed by atoms with Crippen LogP contribution in [0.2, 0.25) is 0 Å². The highest BCUT2D eigenvalue weighted by atomic mass is 32.2. The smallest absolute Gasteiger partial charge is 0.257 e. The fourth-order valence-electron chi connectivity index (χ4n) is 2.16. The van der Waals surface area contributed by atoms with Crippen LogP contribution in [-0.4, -0.2) is 16.0 Å². The Kier molecular flexibility index (Phi) is 4.63. The summed E-state index contributed by atoms with van der Waals surface area (Å²) in [6.45, 7) is 3.44. The maximum atomic E-state index is 11.5. The lowest BCUT2D eigenvalue weighted by molar-refractivity contribution is -0.116. The second-order valence-electron chi connectivity index (χ2n) is 5.26. The summed E-state index contributed by atoms with van der Waals surface area (Å²) >= 11 is 1.35. The number of oxazole rings is 1. The molecule has 3 aromatic rings. The first-order valence-corrected chi connectivity index (χ1v) is 8.32. The van der Waals surface area contributed by atoms with Gasteiger partial charge in [0.15, 0.2) is 5.76 Å². The molecule has 0 aliphatic carbocycles. The monoisotopic (exact) mass is 323 g/mol. The first-order valence-electron chi connectivity index (χ1n) is 7.44. The molecule has 23 heavy (non-hydrogen) atoms. The number of hydrogen-bond donors (Lipinski definition) is 0. The van der Waals surface area contributed by atoms with Crippen molar-refractivity contribution in [3.63, 3.8) is 0 Å². The Labute approximate surface area is 139 Å². The van der Waals surface area contributed by atoms with Gasteiger partial charge in [0.25, 0.3) is 5.22 Å². The van der Waals surface area contributed by atoms with Crippen molar-refractivity contribution in [1.29, 1.82) is 0 Å². The Morgan fingerprint density at radius 1 is 1.00 bits per heavy atom. The summed E-state index contributed by atoms with van der Waals surface area (Å²) in [5.41, 5.74) is 2.77. The van der Waals surface area contributed by atoms with E-state index in [0.29, 0.717) is 5.22 Å². The number of hydrogen-bond acceptors (Lipinski definition) is 4. The minimum absolute atomic E-state index is 0.107. The Morgan fingerprint density at radius 3 is 2.13 bits per heavy atom. The van der Waals surface area contributed by atoms with Crippen molar-refractivity contribution in [1.82, 2.24) is 4.98 Å². The van der Waals surface area contributed by atoms with Crippen LogP contribution >= 0.6 is 11.8 Å². The number of Topliss-reactive ketones (excluding diaryl/α,β-unsaturated/α-hetero) is 1. The van der Waals surface area contributed by atoms with E-state index in [4.69, 9.17) is 4.42 Å². The molecular weight excluding hydrogens is 306 g/mol. The normalized spacial score (nSPS) is 12.1. The van der Waals surface area contributed by atoms with Crippen molar-refractivity contribution in [2.75, 3.05) is 0 Å². The molecule has 4 heteroatoms. The Bertz CT molecular complexity index is 740. The largest absolute Gasteiger partial charge is 0.431 e. The zero-order valence-electron chi connectivity index (χ0n) is 13.0. The van der Waals surface area contributed by atoms with Crippen LogP contribution < -0.4 is 0 Å². The van der Waals surface area contributed by atoms with Gasteiger partial charge in [0.05, 0.1) is 5.25 Å². The van der Waals surface area contributed by atoms with Crippen molar-refractivity contribution in [3.8, 4) is 22.6 Å². The minimum atomic E-state index is -0.180. The van der Waals surface area contributed by atoms with Crippen molar-refractivity contribution < 1.29 is 9.21 Å². The molecule has 0 spiro atoms. The molecule has 0 N–H and O–H groups in total. The number of ketones is 1. The van der Waals surface area contributed by atoms with Crippen LogP contribution in [0.1, 0.15) is 13.8 Å². The molecule has 1 atom stereocenters. The average Bonchev–Trinajstić information content (AvgIpc) is 3.00. The second-order valence-corrected chi connectivity index (χ2v) is 6.55. The summed E-state index contributed by atoms with van der Waals surface area (Å²) < 4.78 is 5.98. The van der Waals surface area contributed by atoms with E-state index in [0.717, 1.165) is 22.6 Å². The maximum Gasteiger partial charge on any atom is 0.257 e. The Hall–Kier alpha value is -2.33. The zero-order chi connectivity index (χ0) is 16.2. The molecule has 0 amide bonds. The van der Waals surface area contributed by atoms with Gasteiger partial charge in [0.2, 0.25) is 0 Å². The van der Waals surface area contributed by atoms with Gasteiger partial charge in [0.1, 0.15) is 11.5 Å². The number of thioether (sulfide) groups is 1. The molecule has 3 nitrogen and oxygen atoms in total. The van der Waals surface area contributed by atoms with Gasteiger partial charge in [-0.15, -0.1) is 0 Å². The first-order chi connectivity index (χ1) is 11.1. The van der Waals surface area contributed by atoms with Crippen molar-refractivity contribution >= 4 is 17.5 Å². The third-order valence-corrected chi connectivity index (χ3v) is 4.60. The highest BCUT2D eigenvalue weighted by Crippen LogP contribution is 2.36. The lowest BCUT2D eigenvalue weighted by Gasteiger charge is -2.02. The Balaban J connectivity index is 2.06. The number of aromatic nitrogens is 1. The molecular formula is C19H17NO2S. The van der Waals surface area contributed by atoms with E-state index in [9.17, 15) is 4.79 Å². The Morgan fingerprint density at radius 2 is 1.57 bits per heavy atom. The molecule has 1 heterocycles. The van der Waals surface area contributed by atoms with Gasteiger partial charge in [-0.05, 0) is 13.8 Å². The fraction of sp³-hybridized carbons (Fsp3) is 0.158. The van der Waals surface area contributed by atoms with Crippen molar-refractivity contribution in [2.45, 2.75) is 24.3 Å². The quantitative estimate of drug-likeness (QED) is 0.614. The van der Waals surface area contributed by atoms with Crippen molar-refractivity contribution in [3.05, 3.63) is 60.7 Å². The summed E-state index contributed by atoms with van der Waals surface area (Å²) in [6, 6.07) is 19.8. The summed E-state index contributed by atoms with van der Waals surface area (Å²) in [5, 5.41) is 0.339. The van der Waals surface area contributed by atoms with E-state index in [1.807, 2.05) is 67.6 Å². The highest BCUT2D eigenvalue weighted by Gasteiger charge is 2.20. The lowest BCUT2D eigenvalue weighted by atomic mass is 10.1. The molecule has 0 radical (unpaired) electrons. The molecule has 0 aliphatic heterocycles. The molecule has 0 saturated carbocycles. The maximum absolute atomic E-state index is 11.5. The number of carbonyl (C=O) groups excluding carboxylic acids is 1. The summed E-state index contributed by atoms with van der Waals surface area (Å²) in [6.07, 6.45) is 0. The molecule has 116 valence electrons. The molecule has 0 aliphatic rings. The topological polar surface area (TPSA) is 43.1 Å². The van der Waals surface area contributed by atoms with Crippen LogP contribution in [0.4, 0.5) is 0 Å². The highest BCUT2D eigenvalue weighted by molar-refractivity contribution is 8.00. The fourth-order valence-corrected chi connectivity index (χ4v) is 2.91. The first kappa shape index (κ1) is 15.6. The minimum Gasteiger partial charge on any atom is -0.431 e. The van der Waals surface area contributed by atoms with E-state index < -0.39 is 0 Å². The summed E-state index contributed by atoms with van der Waals surface area (Å²) in [5.74, 6) is 0.839. The van der Waals surface area contributed by atoms with Gasteiger partial charge in [-0.1, -0.05) is 72.4 Å². The summed E-state index contributed by atoms with van der Waals surface area (Å²) in [4.78, 5) is 16.1. The number of benzene rings is 2. The zero-order valence-corrected chi connectivity index (χ0v) is 13.8. The summed E-state index contributed by atoms with van der Waals surface area (Å²) in [7, 11) is 0. The van der Waals surface area contributed by atoms with Crippen LogP contribution in [0.25, 0.3) is 22.6 Å². The van der Waals surface area contributed by atoms with Crippen LogP contribution in [0.5, 0.6) is 0 Å². The predicted octanol–water partition coefficient (Wildman–Crippen LogP) is 5.08. The average molecular weight is 323 g/mol. The van der Waals surface area contributed by atoms with Crippen LogP contribution in [0, 0.1) is 0 Å². The van der Waals surface area contributed by atoms with Gasteiger partial charge < -0.3 is 4.42 Å². The van der Waals surface area contributed by atoms with Gasteiger partial charge in [-0.3, -0.25) is 4.79 Å². The molecule has 2 aromatic carbocycles. The predicted molar refractivity (Wildman–Crippen MR) is 93.4 cm³/mol. The lowest BCUT2D eigenvalue weighted by Crippen LogP contribution is -2.07.